The molecule has 120 valence electrons. The number of hydrogen-bond acceptors (Lipinski definition) is 3. The number of carbonyl (C=O) groups is 1. The summed E-state index contributed by atoms with van der Waals surface area (Å²) in [7, 11) is 0. The van der Waals surface area contributed by atoms with Crippen molar-refractivity contribution in [2.45, 2.75) is 13.5 Å². The van der Waals surface area contributed by atoms with E-state index >= 15 is 0 Å². The highest BCUT2D eigenvalue weighted by Crippen LogP contribution is 2.16. The SMILES string of the molecule is Cc1ccc(C(=O)NCc2ccc(N3CCOCC3)cc2)cc1. The van der Waals surface area contributed by atoms with Crippen molar-refractivity contribution >= 4 is 11.6 Å². The van der Waals surface area contributed by atoms with Crippen molar-refractivity contribution in [3.8, 4) is 0 Å². The third kappa shape index (κ3) is 4.11. The van der Waals surface area contributed by atoms with Crippen LogP contribution in [0.25, 0.3) is 0 Å². The number of nitrogens with zero attached hydrogens (tertiary/aromatic N) is 1. The van der Waals surface area contributed by atoms with Gasteiger partial charge in [-0.2, -0.15) is 0 Å². The molecule has 0 aliphatic carbocycles. The third-order valence-electron chi connectivity index (χ3n) is 4.08. The van der Waals surface area contributed by atoms with Gasteiger partial charge >= 0.3 is 0 Å². The monoisotopic (exact) mass is 310 g/mol. The normalized spacial score (nSPS) is 14.6. The van der Waals surface area contributed by atoms with Gasteiger partial charge in [0.15, 0.2) is 0 Å². The second-order valence-electron chi connectivity index (χ2n) is 5.81. The van der Waals surface area contributed by atoms with Crippen LogP contribution in [0.3, 0.4) is 0 Å². The van der Waals surface area contributed by atoms with Crippen LogP contribution in [0.5, 0.6) is 0 Å². The van der Waals surface area contributed by atoms with Gasteiger partial charge in [0.25, 0.3) is 5.91 Å². The largest absolute Gasteiger partial charge is 0.378 e. The molecule has 1 heterocycles. The van der Waals surface area contributed by atoms with Gasteiger partial charge in [-0.3, -0.25) is 4.79 Å². The minimum Gasteiger partial charge on any atom is -0.378 e. The Morgan fingerprint density at radius 2 is 1.70 bits per heavy atom. The molecule has 2 aromatic carbocycles. The molecule has 2 aromatic rings. The van der Waals surface area contributed by atoms with E-state index in [-0.39, 0.29) is 5.91 Å². The zero-order valence-electron chi connectivity index (χ0n) is 13.4. The maximum absolute atomic E-state index is 12.1. The molecular weight excluding hydrogens is 288 g/mol. The van der Waals surface area contributed by atoms with Crippen LogP contribution in [0.2, 0.25) is 0 Å². The molecule has 0 spiro atoms. The van der Waals surface area contributed by atoms with Crippen molar-refractivity contribution in [3.63, 3.8) is 0 Å². The Morgan fingerprint density at radius 1 is 1.04 bits per heavy atom. The maximum Gasteiger partial charge on any atom is 0.251 e. The van der Waals surface area contributed by atoms with Gasteiger partial charge in [-0.25, -0.2) is 0 Å². The quantitative estimate of drug-likeness (QED) is 0.944. The molecule has 1 N–H and O–H groups in total. The van der Waals surface area contributed by atoms with E-state index in [1.807, 2.05) is 31.2 Å². The minimum atomic E-state index is -0.0396. The van der Waals surface area contributed by atoms with Gasteiger partial charge in [0.2, 0.25) is 0 Å². The fourth-order valence-electron chi connectivity index (χ4n) is 2.64. The summed E-state index contributed by atoms with van der Waals surface area (Å²) in [6.45, 7) is 5.99. The van der Waals surface area contributed by atoms with Crippen LogP contribution >= 0.6 is 0 Å². The summed E-state index contributed by atoms with van der Waals surface area (Å²) in [5.41, 5.74) is 4.16. The molecule has 0 bridgehead atoms. The molecule has 1 aliphatic heterocycles. The summed E-state index contributed by atoms with van der Waals surface area (Å²) >= 11 is 0. The van der Waals surface area contributed by atoms with Crippen LogP contribution < -0.4 is 10.2 Å². The Balaban J connectivity index is 1.55. The molecular formula is C19H22N2O2. The molecule has 0 atom stereocenters. The summed E-state index contributed by atoms with van der Waals surface area (Å²) in [6.07, 6.45) is 0. The molecule has 0 aromatic heterocycles. The number of rotatable bonds is 4. The first kappa shape index (κ1) is 15.6. The fraction of sp³-hybridized carbons (Fsp3) is 0.316. The van der Waals surface area contributed by atoms with E-state index in [2.05, 4.69) is 34.5 Å². The lowest BCUT2D eigenvalue weighted by molar-refractivity contribution is 0.0951. The highest BCUT2D eigenvalue weighted by Gasteiger charge is 2.11. The van der Waals surface area contributed by atoms with Gasteiger partial charge in [-0.1, -0.05) is 29.8 Å². The number of ether oxygens (including phenoxy) is 1. The van der Waals surface area contributed by atoms with E-state index in [1.165, 1.54) is 5.69 Å². The van der Waals surface area contributed by atoms with Crippen molar-refractivity contribution in [1.82, 2.24) is 5.32 Å². The maximum atomic E-state index is 12.1. The number of morpholine rings is 1. The van der Waals surface area contributed by atoms with Gasteiger partial charge in [0.05, 0.1) is 13.2 Å². The first-order valence-corrected chi connectivity index (χ1v) is 7.99. The summed E-state index contributed by atoms with van der Waals surface area (Å²) in [5.74, 6) is -0.0396. The Morgan fingerprint density at radius 3 is 2.35 bits per heavy atom. The number of benzene rings is 2. The van der Waals surface area contributed by atoms with Gasteiger partial charge in [-0.05, 0) is 36.8 Å². The van der Waals surface area contributed by atoms with Crippen LogP contribution in [0.15, 0.2) is 48.5 Å². The first-order valence-electron chi connectivity index (χ1n) is 7.99. The Bertz CT molecular complexity index is 644. The van der Waals surface area contributed by atoms with E-state index in [1.54, 1.807) is 0 Å². The van der Waals surface area contributed by atoms with Crippen molar-refractivity contribution < 1.29 is 9.53 Å². The second-order valence-corrected chi connectivity index (χ2v) is 5.81. The predicted octanol–water partition coefficient (Wildman–Crippen LogP) is 2.76. The average Bonchev–Trinajstić information content (AvgIpc) is 2.61. The highest BCUT2D eigenvalue weighted by molar-refractivity contribution is 5.94. The van der Waals surface area contributed by atoms with Crippen molar-refractivity contribution in [3.05, 3.63) is 65.2 Å². The van der Waals surface area contributed by atoms with E-state index in [4.69, 9.17) is 4.74 Å². The molecule has 1 fully saturated rings. The van der Waals surface area contributed by atoms with Gasteiger partial charge < -0.3 is 15.0 Å². The predicted molar refractivity (Wildman–Crippen MR) is 91.8 cm³/mol. The smallest absolute Gasteiger partial charge is 0.251 e. The van der Waals surface area contributed by atoms with Gasteiger partial charge in [0, 0.05) is 30.9 Å². The molecule has 0 unspecified atom stereocenters. The number of anilines is 1. The topological polar surface area (TPSA) is 41.6 Å². The van der Waals surface area contributed by atoms with Crippen LogP contribution in [0, 0.1) is 6.92 Å². The standard InChI is InChI=1S/C19H22N2O2/c1-15-2-6-17(7-3-15)19(22)20-14-16-4-8-18(9-5-16)21-10-12-23-13-11-21/h2-9H,10-14H2,1H3,(H,20,22). The second kappa shape index (κ2) is 7.29. The molecule has 1 saturated heterocycles. The van der Waals surface area contributed by atoms with Crippen LogP contribution in [-0.4, -0.2) is 32.2 Å². The Hall–Kier alpha value is -2.33. The van der Waals surface area contributed by atoms with Crippen LogP contribution in [0.4, 0.5) is 5.69 Å². The molecule has 1 amide bonds. The van der Waals surface area contributed by atoms with E-state index in [0.29, 0.717) is 12.1 Å². The lowest BCUT2D eigenvalue weighted by Crippen LogP contribution is -2.36. The lowest BCUT2D eigenvalue weighted by Gasteiger charge is -2.28. The number of nitrogens with one attached hydrogen (secondary N) is 1. The third-order valence-corrected chi connectivity index (χ3v) is 4.08. The molecule has 0 saturated carbocycles. The first-order chi connectivity index (χ1) is 11.2. The number of amides is 1. The zero-order chi connectivity index (χ0) is 16.1. The Labute approximate surface area is 137 Å². The molecule has 4 heteroatoms. The van der Waals surface area contributed by atoms with Gasteiger partial charge in [0.1, 0.15) is 0 Å². The summed E-state index contributed by atoms with van der Waals surface area (Å²) in [6, 6.07) is 16.0. The van der Waals surface area contributed by atoms with Crippen molar-refractivity contribution in [2.75, 3.05) is 31.2 Å². The fourth-order valence-corrected chi connectivity index (χ4v) is 2.64. The van der Waals surface area contributed by atoms with E-state index in [9.17, 15) is 4.79 Å². The molecule has 1 aliphatic rings. The molecule has 23 heavy (non-hydrogen) atoms. The molecule has 3 rings (SSSR count). The zero-order valence-corrected chi connectivity index (χ0v) is 13.4. The number of carbonyl (C=O) groups excluding carboxylic acids is 1. The lowest BCUT2D eigenvalue weighted by atomic mass is 10.1. The highest BCUT2D eigenvalue weighted by atomic mass is 16.5. The average molecular weight is 310 g/mol. The molecule has 4 nitrogen and oxygen atoms in total. The summed E-state index contributed by atoms with van der Waals surface area (Å²) < 4.78 is 5.37. The van der Waals surface area contributed by atoms with Crippen LogP contribution in [-0.2, 0) is 11.3 Å². The minimum absolute atomic E-state index is 0.0396. The van der Waals surface area contributed by atoms with E-state index in [0.717, 1.165) is 37.4 Å². The van der Waals surface area contributed by atoms with Crippen LogP contribution in [0.1, 0.15) is 21.5 Å². The summed E-state index contributed by atoms with van der Waals surface area (Å²) in [5, 5.41) is 2.96. The Kier molecular flexibility index (Phi) is 4.93. The summed E-state index contributed by atoms with van der Waals surface area (Å²) in [4.78, 5) is 14.4. The number of hydrogen-bond donors (Lipinski definition) is 1. The van der Waals surface area contributed by atoms with Gasteiger partial charge in [-0.15, -0.1) is 0 Å². The molecule has 0 radical (unpaired) electrons. The number of aryl methyl sites for hydroxylation is 1. The van der Waals surface area contributed by atoms with Crippen molar-refractivity contribution in [1.29, 1.82) is 0 Å². The van der Waals surface area contributed by atoms with Crippen molar-refractivity contribution in [2.24, 2.45) is 0 Å². The van der Waals surface area contributed by atoms with E-state index < -0.39 is 0 Å².